The highest BCUT2D eigenvalue weighted by Gasteiger charge is 2.14. The molecule has 0 aliphatic heterocycles. The van der Waals surface area contributed by atoms with Crippen LogP contribution in [-0.2, 0) is 16.0 Å². The molecule has 1 rings (SSSR count). The van der Waals surface area contributed by atoms with Crippen molar-refractivity contribution in [1.29, 1.82) is 0 Å². The van der Waals surface area contributed by atoms with Crippen molar-refractivity contribution in [1.82, 2.24) is 10.2 Å². The molecule has 0 aliphatic carbocycles. The molecule has 2 N–H and O–H groups in total. The summed E-state index contributed by atoms with van der Waals surface area (Å²) in [4.78, 5) is 36.2. The third kappa shape index (κ3) is 4.91. The number of nitrogens with one attached hydrogen (secondary N) is 1. The van der Waals surface area contributed by atoms with Crippen molar-refractivity contribution in [3.63, 3.8) is 0 Å². The van der Waals surface area contributed by atoms with E-state index in [2.05, 4.69) is 5.32 Å². The smallest absolute Gasteiger partial charge is 0.335 e. The van der Waals surface area contributed by atoms with Gasteiger partial charge in [-0.1, -0.05) is 18.2 Å². The van der Waals surface area contributed by atoms with Crippen molar-refractivity contribution in [3.05, 3.63) is 35.4 Å². The molecule has 0 fully saturated rings. The zero-order chi connectivity index (χ0) is 15.8. The summed E-state index contributed by atoms with van der Waals surface area (Å²) in [6.45, 7) is 4.84. The molecule has 0 aliphatic rings. The number of rotatable bonds is 7. The maximum absolute atomic E-state index is 11.8. The molecule has 0 unspecified atom stereocenters. The fourth-order valence-electron chi connectivity index (χ4n) is 1.98. The van der Waals surface area contributed by atoms with Gasteiger partial charge in [0.2, 0.25) is 11.8 Å². The lowest BCUT2D eigenvalue weighted by Gasteiger charge is -2.18. The van der Waals surface area contributed by atoms with Gasteiger partial charge in [-0.3, -0.25) is 9.59 Å². The summed E-state index contributed by atoms with van der Waals surface area (Å²) in [7, 11) is 0. The minimum Gasteiger partial charge on any atom is -0.478 e. The first-order valence-corrected chi connectivity index (χ1v) is 6.85. The van der Waals surface area contributed by atoms with E-state index in [-0.39, 0.29) is 30.3 Å². The summed E-state index contributed by atoms with van der Waals surface area (Å²) in [6.07, 6.45) is -0.0615. The van der Waals surface area contributed by atoms with E-state index in [1.54, 1.807) is 23.1 Å². The molecule has 1 aromatic carbocycles. The van der Waals surface area contributed by atoms with Crippen LogP contribution in [0.15, 0.2) is 24.3 Å². The van der Waals surface area contributed by atoms with Gasteiger partial charge in [0.05, 0.1) is 18.5 Å². The Balaban J connectivity index is 2.59. The summed E-state index contributed by atoms with van der Waals surface area (Å²) < 4.78 is 0. The number of amides is 2. The van der Waals surface area contributed by atoms with Crippen LogP contribution in [0, 0.1) is 0 Å². The molecular weight excluding hydrogens is 272 g/mol. The normalized spacial score (nSPS) is 10.0. The van der Waals surface area contributed by atoms with Crippen LogP contribution < -0.4 is 5.32 Å². The second-order valence-electron chi connectivity index (χ2n) is 4.48. The monoisotopic (exact) mass is 292 g/mol. The van der Waals surface area contributed by atoms with Crippen molar-refractivity contribution in [2.45, 2.75) is 20.3 Å². The third-order valence-corrected chi connectivity index (χ3v) is 3.15. The zero-order valence-corrected chi connectivity index (χ0v) is 12.3. The van der Waals surface area contributed by atoms with Crippen LogP contribution in [0.5, 0.6) is 0 Å². The van der Waals surface area contributed by atoms with E-state index < -0.39 is 5.97 Å². The second-order valence-corrected chi connectivity index (χ2v) is 4.48. The lowest BCUT2D eigenvalue weighted by Crippen LogP contribution is -2.40. The number of carbonyl (C=O) groups excluding carboxylic acids is 2. The van der Waals surface area contributed by atoms with E-state index in [0.717, 1.165) is 0 Å². The van der Waals surface area contributed by atoms with Crippen LogP contribution in [-0.4, -0.2) is 47.4 Å². The Kier molecular flexibility index (Phi) is 6.39. The first-order chi connectivity index (χ1) is 9.99. The van der Waals surface area contributed by atoms with Gasteiger partial charge in [-0.15, -0.1) is 0 Å². The number of carboxylic acids is 1. The van der Waals surface area contributed by atoms with Gasteiger partial charge in [0, 0.05) is 13.1 Å². The first-order valence-electron chi connectivity index (χ1n) is 6.85. The maximum atomic E-state index is 11.8. The van der Waals surface area contributed by atoms with Crippen molar-refractivity contribution in [2.75, 3.05) is 19.6 Å². The predicted molar refractivity (Wildman–Crippen MR) is 78.0 cm³/mol. The second kappa shape index (κ2) is 8.04. The van der Waals surface area contributed by atoms with E-state index in [1.165, 1.54) is 6.07 Å². The van der Waals surface area contributed by atoms with Gasteiger partial charge >= 0.3 is 5.97 Å². The number of hydrogen-bond acceptors (Lipinski definition) is 3. The average Bonchev–Trinajstić information content (AvgIpc) is 2.46. The fraction of sp³-hybridized carbons (Fsp3) is 0.400. The third-order valence-electron chi connectivity index (χ3n) is 3.15. The van der Waals surface area contributed by atoms with Crippen molar-refractivity contribution >= 4 is 17.8 Å². The molecule has 0 aromatic heterocycles. The summed E-state index contributed by atoms with van der Waals surface area (Å²) in [5.74, 6) is -1.60. The summed E-state index contributed by atoms with van der Waals surface area (Å²) >= 11 is 0. The number of carboxylic acid groups (broad SMARTS) is 1. The van der Waals surface area contributed by atoms with Gasteiger partial charge in [0.15, 0.2) is 0 Å². The number of likely N-dealkylation sites (N-methyl/N-ethyl adjacent to an activating group) is 1. The Bertz CT molecular complexity index is 524. The summed E-state index contributed by atoms with van der Waals surface area (Å²) in [5, 5.41) is 11.6. The average molecular weight is 292 g/mol. The van der Waals surface area contributed by atoms with Crippen LogP contribution in [0.1, 0.15) is 29.8 Å². The first kappa shape index (κ1) is 16.7. The molecule has 6 nitrogen and oxygen atoms in total. The molecule has 21 heavy (non-hydrogen) atoms. The highest BCUT2D eigenvalue weighted by molar-refractivity contribution is 5.92. The zero-order valence-electron chi connectivity index (χ0n) is 12.3. The number of nitrogens with zero attached hydrogens (tertiary/aromatic N) is 1. The van der Waals surface area contributed by atoms with E-state index in [0.29, 0.717) is 18.7 Å². The van der Waals surface area contributed by atoms with Crippen LogP contribution >= 0.6 is 0 Å². The van der Waals surface area contributed by atoms with Crippen LogP contribution in [0.2, 0.25) is 0 Å². The molecule has 0 atom stereocenters. The Labute approximate surface area is 123 Å². The lowest BCUT2D eigenvalue weighted by atomic mass is 10.0. The molecule has 0 spiro atoms. The van der Waals surface area contributed by atoms with E-state index in [1.807, 2.05) is 13.8 Å². The Morgan fingerprint density at radius 3 is 2.33 bits per heavy atom. The van der Waals surface area contributed by atoms with Crippen molar-refractivity contribution in [2.24, 2.45) is 0 Å². The standard InChI is InChI=1S/C15H20N2O4/c1-3-17(4-2)14(19)10-16-13(18)9-11-7-5-6-8-12(11)15(20)21/h5-8H,3-4,9-10H2,1-2H3,(H,16,18)(H,20,21). The molecular formula is C15H20N2O4. The number of hydrogen-bond donors (Lipinski definition) is 2. The van der Waals surface area contributed by atoms with Gasteiger partial charge < -0.3 is 15.3 Å². The highest BCUT2D eigenvalue weighted by Crippen LogP contribution is 2.09. The lowest BCUT2D eigenvalue weighted by molar-refractivity contribution is -0.132. The summed E-state index contributed by atoms with van der Waals surface area (Å²) in [6, 6.07) is 6.33. The Morgan fingerprint density at radius 1 is 1.14 bits per heavy atom. The molecule has 6 heteroatoms. The van der Waals surface area contributed by atoms with Gasteiger partial charge in [0.1, 0.15) is 0 Å². The van der Waals surface area contributed by atoms with Crippen LogP contribution in [0.3, 0.4) is 0 Å². The molecule has 1 aromatic rings. The van der Waals surface area contributed by atoms with E-state index in [4.69, 9.17) is 5.11 Å². The Hall–Kier alpha value is -2.37. The van der Waals surface area contributed by atoms with Crippen LogP contribution in [0.25, 0.3) is 0 Å². The van der Waals surface area contributed by atoms with Crippen molar-refractivity contribution < 1.29 is 19.5 Å². The van der Waals surface area contributed by atoms with Gasteiger partial charge in [0.25, 0.3) is 0 Å². The Morgan fingerprint density at radius 2 is 1.76 bits per heavy atom. The summed E-state index contributed by atoms with van der Waals surface area (Å²) in [5.41, 5.74) is 0.528. The highest BCUT2D eigenvalue weighted by atomic mass is 16.4. The SMILES string of the molecule is CCN(CC)C(=O)CNC(=O)Cc1ccccc1C(=O)O. The van der Waals surface area contributed by atoms with Crippen LogP contribution in [0.4, 0.5) is 0 Å². The molecule has 0 saturated heterocycles. The number of carbonyl (C=O) groups is 3. The van der Waals surface area contributed by atoms with E-state index >= 15 is 0 Å². The minimum atomic E-state index is -1.07. The number of benzene rings is 1. The number of aromatic carboxylic acids is 1. The van der Waals surface area contributed by atoms with Crippen molar-refractivity contribution in [3.8, 4) is 0 Å². The fourth-order valence-corrected chi connectivity index (χ4v) is 1.98. The minimum absolute atomic E-state index is 0.0615. The van der Waals surface area contributed by atoms with Gasteiger partial charge in [-0.25, -0.2) is 4.79 Å². The maximum Gasteiger partial charge on any atom is 0.335 e. The molecule has 0 bridgehead atoms. The predicted octanol–water partition coefficient (Wildman–Crippen LogP) is 0.912. The molecule has 114 valence electrons. The molecule has 0 saturated carbocycles. The quantitative estimate of drug-likeness (QED) is 0.782. The molecule has 2 amide bonds. The van der Waals surface area contributed by atoms with E-state index in [9.17, 15) is 14.4 Å². The van der Waals surface area contributed by atoms with Gasteiger partial charge in [-0.05, 0) is 25.5 Å². The topological polar surface area (TPSA) is 86.7 Å². The largest absolute Gasteiger partial charge is 0.478 e. The van der Waals surface area contributed by atoms with Gasteiger partial charge in [-0.2, -0.15) is 0 Å². The molecule has 0 radical (unpaired) electrons. The molecule has 0 heterocycles.